The summed E-state index contributed by atoms with van der Waals surface area (Å²) in [6, 6.07) is 7.64. The molecule has 8 heteroatoms. The Morgan fingerprint density at radius 3 is 2.72 bits per heavy atom. The van der Waals surface area contributed by atoms with E-state index in [4.69, 9.17) is 4.74 Å². The number of aryl methyl sites for hydroxylation is 1. The zero-order valence-corrected chi connectivity index (χ0v) is 14.5. The summed E-state index contributed by atoms with van der Waals surface area (Å²) < 4.78 is 20.6. The van der Waals surface area contributed by atoms with Crippen molar-refractivity contribution in [3.63, 3.8) is 0 Å². The summed E-state index contributed by atoms with van der Waals surface area (Å²) in [5.41, 5.74) is 1.18. The SMILES string of the molecule is CCOC(=O)c1sc(-n2cnn(Cc3ccc(F)cc3)c2=O)cc1C. The first kappa shape index (κ1) is 17.1. The molecule has 2 heterocycles. The molecule has 0 aliphatic heterocycles. The largest absolute Gasteiger partial charge is 0.462 e. The maximum absolute atomic E-state index is 13.0. The van der Waals surface area contributed by atoms with Crippen LogP contribution in [0.3, 0.4) is 0 Å². The lowest BCUT2D eigenvalue weighted by Crippen LogP contribution is -2.23. The molecule has 3 rings (SSSR count). The number of hydrogen-bond acceptors (Lipinski definition) is 5. The van der Waals surface area contributed by atoms with Crippen LogP contribution in [0.5, 0.6) is 0 Å². The van der Waals surface area contributed by atoms with E-state index in [1.54, 1.807) is 32.0 Å². The third-order valence-electron chi connectivity index (χ3n) is 3.58. The van der Waals surface area contributed by atoms with Gasteiger partial charge in [0.2, 0.25) is 0 Å². The molecule has 0 amide bonds. The number of halogens is 1. The normalized spacial score (nSPS) is 10.8. The molecule has 0 aliphatic rings. The standard InChI is InChI=1S/C17H16FN3O3S/c1-3-24-16(22)15-11(2)8-14(25-15)20-10-19-21(17(20)23)9-12-4-6-13(18)7-5-12/h4-8,10H,3,9H2,1-2H3. The minimum atomic E-state index is -0.400. The van der Waals surface area contributed by atoms with Gasteiger partial charge in [0.25, 0.3) is 0 Å². The molecule has 6 nitrogen and oxygen atoms in total. The molecule has 0 bridgehead atoms. The smallest absolute Gasteiger partial charge is 0.351 e. The molecule has 0 aliphatic carbocycles. The molecule has 0 radical (unpaired) electrons. The lowest BCUT2D eigenvalue weighted by molar-refractivity contribution is 0.0531. The van der Waals surface area contributed by atoms with Crippen LogP contribution in [0, 0.1) is 12.7 Å². The van der Waals surface area contributed by atoms with Gasteiger partial charge in [0.15, 0.2) is 0 Å². The Labute approximate surface area is 147 Å². The highest BCUT2D eigenvalue weighted by Crippen LogP contribution is 2.25. The maximum Gasteiger partial charge on any atom is 0.351 e. The average Bonchev–Trinajstić information content (AvgIpc) is 3.13. The van der Waals surface area contributed by atoms with Gasteiger partial charge >= 0.3 is 11.7 Å². The molecule has 0 N–H and O–H groups in total. The number of aromatic nitrogens is 3. The molecule has 0 saturated heterocycles. The number of benzene rings is 1. The Kier molecular flexibility index (Phi) is 4.80. The summed E-state index contributed by atoms with van der Waals surface area (Å²) in [6.45, 7) is 4.06. The minimum absolute atomic E-state index is 0.237. The van der Waals surface area contributed by atoms with Crippen LogP contribution in [0.25, 0.3) is 5.00 Å². The number of nitrogens with zero attached hydrogens (tertiary/aromatic N) is 3. The number of hydrogen-bond donors (Lipinski definition) is 0. The first-order valence-corrected chi connectivity index (χ1v) is 8.48. The molecule has 25 heavy (non-hydrogen) atoms. The van der Waals surface area contributed by atoms with Crippen LogP contribution in [0.2, 0.25) is 0 Å². The summed E-state index contributed by atoms with van der Waals surface area (Å²) in [7, 11) is 0. The van der Waals surface area contributed by atoms with E-state index in [0.717, 1.165) is 11.1 Å². The van der Waals surface area contributed by atoms with Gasteiger partial charge in [-0.15, -0.1) is 11.3 Å². The summed E-state index contributed by atoms with van der Waals surface area (Å²) in [5.74, 6) is -0.731. The fourth-order valence-electron chi connectivity index (χ4n) is 2.34. The maximum atomic E-state index is 13.0. The van der Waals surface area contributed by atoms with Crippen molar-refractivity contribution >= 4 is 17.3 Å². The van der Waals surface area contributed by atoms with Crippen LogP contribution in [0.1, 0.15) is 27.7 Å². The molecular formula is C17H16FN3O3S. The van der Waals surface area contributed by atoms with Crippen molar-refractivity contribution in [1.29, 1.82) is 0 Å². The van der Waals surface area contributed by atoms with Crippen LogP contribution >= 0.6 is 11.3 Å². The highest BCUT2D eigenvalue weighted by Gasteiger charge is 2.17. The number of thiophene rings is 1. The van der Waals surface area contributed by atoms with Crippen molar-refractivity contribution in [3.8, 4) is 5.00 Å². The number of carbonyl (C=O) groups is 1. The monoisotopic (exact) mass is 361 g/mol. The van der Waals surface area contributed by atoms with E-state index in [1.807, 2.05) is 0 Å². The van der Waals surface area contributed by atoms with Crippen LogP contribution in [0.15, 0.2) is 41.5 Å². The van der Waals surface area contributed by atoms with Gasteiger partial charge < -0.3 is 4.74 Å². The van der Waals surface area contributed by atoms with Crippen LogP contribution in [-0.2, 0) is 11.3 Å². The predicted octanol–water partition coefficient (Wildman–Crippen LogP) is 2.77. The molecule has 130 valence electrons. The number of carbonyl (C=O) groups excluding carboxylic acids is 1. The first-order valence-electron chi connectivity index (χ1n) is 7.66. The lowest BCUT2D eigenvalue weighted by Gasteiger charge is -2.00. The first-order chi connectivity index (χ1) is 12.0. The van der Waals surface area contributed by atoms with Crippen LogP contribution < -0.4 is 5.69 Å². The van der Waals surface area contributed by atoms with Gasteiger partial charge in [-0.05, 0) is 43.2 Å². The highest BCUT2D eigenvalue weighted by molar-refractivity contribution is 7.16. The van der Waals surface area contributed by atoms with Crippen LogP contribution in [0.4, 0.5) is 4.39 Å². The molecule has 0 atom stereocenters. The number of ether oxygens (including phenoxy) is 1. The van der Waals surface area contributed by atoms with Gasteiger partial charge in [-0.3, -0.25) is 0 Å². The van der Waals surface area contributed by atoms with E-state index in [-0.39, 0.29) is 18.1 Å². The van der Waals surface area contributed by atoms with Crippen molar-refractivity contribution in [2.45, 2.75) is 20.4 Å². The van der Waals surface area contributed by atoms with E-state index >= 15 is 0 Å². The molecule has 0 saturated carbocycles. The second-order valence-electron chi connectivity index (χ2n) is 5.38. The van der Waals surface area contributed by atoms with E-state index < -0.39 is 5.97 Å². The van der Waals surface area contributed by atoms with E-state index in [0.29, 0.717) is 16.5 Å². The molecular weight excluding hydrogens is 345 g/mol. The van der Waals surface area contributed by atoms with Gasteiger partial charge in [0.05, 0.1) is 13.2 Å². The Hall–Kier alpha value is -2.74. The van der Waals surface area contributed by atoms with Gasteiger partial charge in [-0.1, -0.05) is 12.1 Å². The van der Waals surface area contributed by atoms with Crippen molar-refractivity contribution < 1.29 is 13.9 Å². The molecule has 0 fully saturated rings. The van der Waals surface area contributed by atoms with Gasteiger partial charge in [-0.2, -0.15) is 5.10 Å². The highest BCUT2D eigenvalue weighted by atomic mass is 32.1. The lowest BCUT2D eigenvalue weighted by atomic mass is 10.2. The minimum Gasteiger partial charge on any atom is -0.462 e. The summed E-state index contributed by atoms with van der Waals surface area (Å²) in [4.78, 5) is 24.9. The zero-order valence-electron chi connectivity index (χ0n) is 13.7. The fraction of sp³-hybridized carbons (Fsp3) is 0.235. The van der Waals surface area contributed by atoms with Crippen LogP contribution in [-0.4, -0.2) is 26.9 Å². The Balaban J connectivity index is 1.88. The molecule has 0 unspecified atom stereocenters. The molecule has 2 aromatic heterocycles. The van der Waals surface area contributed by atoms with Crippen molar-refractivity contribution in [3.05, 3.63) is 69.0 Å². The Morgan fingerprint density at radius 1 is 1.32 bits per heavy atom. The van der Waals surface area contributed by atoms with E-state index in [9.17, 15) is 14.0 Å². The third kappa shape index (κ3) is 3.53. The second-order valence-corrected chi connectivity index (χ2v) is 6.42. The molecule has 1 aromatic carbocycles. The second kappa shape index (κ2) is 7.02. The third-order valence-corrected chi connectivity index (χ3v) is 4.80. The van der Waals surface area contributed by atoms with Crippen molar-refractivity contribution in [2.24, 2.45) is 0 Å². The average molecular weight is 361 g/mol. The van der Waals surface area contributed by atoms with E-state index in [1.165, 1.54) is 39.0 Å². The summed E-state index contributed by atoms with van der Waals surface area (Å²) in [6.07, 6.45) is 1.41. The molecule has 0 spiro atoms. The van der Waals surface area contributed by atoms with Crippen molar-refractivity contribution in [2.75, 3.05) is 6.61 Å². The topological polar surface area (TPSA) is 66.1 Å². The number of rotatable bonds is 5. The van der Waals surface area contributed by atoms with Crippen molar-refractivity contribution in [1.82, 2.24) is 14.3 Å². The zero-order chi connectivity index (χ0) is 18.0. The number of esters is 1. The van der Waals surface area contributed by atoms with Gasteiger partial charge in [0, 0.05) is 0 Å². The summed E-state index contributed by atoms with van der Waals surface area (Å²) in [5, 5.41) is 4.69. The fourth-order valence-corrected chi connectivity index (χ4v) is 3.37. The quantitative estimate of drug-likeness (QED) is 0.656. The Morgan fingerprint density at radius 2 is 2.04 bits per heavy atom. The van der Waals surface area contributed by atoms with E-state index in [2.05, 4.69) is 5.10 Å². The predicted molar refractivity (Wildman–Crippen MR) is 91.9 cm³/mol. The van der Waals surface area contributed by atoms with Gasteiger partial charge in [0.1, 0.15) is 22.0 Å². The van der Waals surface area contributed by atoms with Gasteiger partial charge in [-0.25, -0.2) is 23.2 Å². The molecule has 3 aromatic rings. The Bertz CT molecular complexity index is 956. The summed E-state index contributed by atoms with van der Waals surface area (Å²) >= 11 is 1.18.